The van der Waals surface area contributed by atoms with Crippen molar-refractivity contribution in [2.75, 3.05) is 26.9 Å². The second-order valence-corrected chi connectivity index (χ2v) is 11.3. The second-order valence-electron chi connectivity index (χ2n) is 11.3. The van der Waals surface area contributed by atoms with Crippen molar-refractivity contribution in [3.05, 3.63) is 0 Å². The number of nitrogens with one attached hydrogen (secondary N) is 2. The molecule has 0 saturated carbocycles. The Hall–Kier alpha value is -2.15. The molecule has 2 amide bonds. The molecule has 3 fully saturated rings. The Morgan fingerprint density at radius 3 is 2.02 bits per heavy atom. The van der Waals surface area contributed by atoms with Crippen molar-refractivity contribution in [1.29, 1.82) is 0 Å². The van der Waals surface area contributed by atoms with Gasteiger partial charge in [-0.05, 0) is 6.42 Å². The van der Waals surface area contributed by atoms with Gasteiger partial charge in [-0.15, -0.1) is 0 Å². The zero-order valence-corrected chi connectivity index (χ0v) is 25.3. The summed E-state index contributed by atoms with van der Waals surface area (Å²) in [7, 11) is 1.23. The Kier molecular flexibility index (Phi) is 13.6. The minimum absolute atomic E-state index is 0.223. The first-order chi connectivity index (χ1) is 21.6. The molecule has 266 valence electrons. The number of aliphatic carboxylic acids is 1. The number of carboxylic acid groups (broad SMARTS) is 1. The maximum atomic E-state index is 12.6. The number of methoxy groups -OCH3 is 1. The van der Waals surface area contributed by atoms with Gasteiger partial charge in [0.05, 0.1) is 25.9 Å². The van der Waals surface area contributed by atoms with Crippen LogP contribution in [0.5, 0.6) is 0 Å². The molecule has 3 aliphatic rings. The molecule has 0 bridgehead atoms. The van der Waals surface area contributed by atoms with Crippen LogP contribution in [0.25, 0.3) is 0 Å². The van der Waals surface area contributed by atoms with Crippen LogP contribution in [0.1, 0.15) is 26.7 Å². The van der Waals surface area contributed by atoms with E-state index in [1.54, 1.807) is 0 Å². The maximum Gasteiger partial charge on any atom is 0.364 e. The van der Waals surface area contributed by atoms with Crippen LogP contribution in [-0.4, -0.2) is 182 Å². The van der Waals surface area contributed by atoms with Crippen molar-refractivity contribution in [3.63, 3.8) is 0 Å². The number of carboxylic acids is 1. The predicted molar refractivity (Wildman–Crippen MR) is 145 cm³/mol. The molecule has 8 unspecified atom stereocenters. The largest absolute Gasteiger partial charge is 0.477 e. The van der Waals surface area contributed by atoms with Crippen LogP contribution >= 0.6 is 0 Å². The smallest absolute Gasteiger partial charge is 0.364 e. The molecule has 11 N–H and O–H groups in total. The monoisotopic (exact) mass is 672 g/mol. The summed E-state index contributed by atoms with van der Waals surface area (Å²) in [5.41, 5.74) is 0. The summed E-state index contributed by atoms with van der Waals surface area (Å²) in [4.78, 5) is 36.2. The molecule has 0 aromatic rings. The van der Waals surface area contributed by atoms with Gasteiger partial charge in [0, 0.05) is 27.4 Å². The van der Waals surface area contributed by atoms with Crippen LogP contribution < -0.4 is 10.6 Å². The first kappa shape index (κ1) is 38.3. The molecular weight excluding hydrogens is 628 g/mol. The molecule has 0 aromatic heterocycles. The number of carbonyl (C=O) groups excluding carboxylic acids is 2. The molecule has 15 atom stereocenters. The molecule has 0 radical (unpaired) electrons. The topological polar surface area (TPSA) is 313 Å². The third-order valence-electron chi connectivity index (χ3n) is 8.03. The molecule has 46 heavy (non-hydrogen) atoms. The van der Waals surface area contributed by atoms with E-state index < -0.39 is 136 Å². The number of amides is 2. The van der Waals surface area contributed by atoms with Gasteiger partial charge in [0.1, 0.15) is 67.1 Å². The van der Waals surface area contributed by atoms with Gasteiger partial charge >= 0.3 is 5.97 Å². The highest BCUT2D eigenvalue weighted by molar-refractivity contribution is 5.76. The van der Waals surface area contributed by atoms with E-state index in [1.165, 1.54) is 7.11 Å². The average Bonchev–Trinajstić information content (AvgIpc) is 3.01. The molecule has 0 spiro atoms. The molecule has 0 aromatic carbocycles. The highest BCUT2D eigenvalue weighted by Crippen LogP contribution is 2.38. The second kappa shape index (κ2) is 16.3. The van der Waals surface area contributed by atoms with Crippen molar-refractivity contribution in [1.82, 2.24) is 10.6 Å². The van der Waals surface area contributed by atoms with E-state index in [1.807, 2.05) is 0 Å². The Bertz CT molecular complexity index is 1040. The van der Waals surface area contributed by atoms with Crippen LogP contribution in [0.2, 0.25) is 0 Å². The first-order valence-electron chi connectivity index (χ1n) is 14.5. The molecule has 3 aliphatic heterocycles. The molecule has 0 aliphatic carbocycles. The molecule has 20 heteroatoms. The SMILES string of the molecule is CO[C@@H]1OC(CO)[C@@H](O[C@@H]2OC(CO)[C@H](O)C(O[C@]3(C(=O)O)CCC(NC(C)=O)C([C@H](O)[C@H](O)CO)O3)C2O)C(O)C1NC(C)=O. The van der Waals surface area contributed by atoms with Gasteiger partial charge in [0.25, 0.3) is 5.79 Å². The summed E-state index contributed by atoms with van der Waals surface area (Å²) in [5, 5.41) is 98.3. The number of ether oxygens (including phenoxy) is 6. The van der Waals surface area contributed by atoms with Gasteiger partial charge in [-0.2, -0.15) is 0 Å². The fourth-order valence-electron chi connectivity index (χ4n) is 5.72. The normalized spacial score (nSPS) is 41.3. The van der Waals surface area contributed by atoms with Gasteiger partial charge in [-0.1, -0.05) is 0 Å². The van der Waals surface area contributed by atoms with Crippen molar-refractivity contribution in [2.45, 2.75) is 118 Å². The van der Waals surface area contributed by atoms with Gasteiger partial charge in [0.15, 0.2) is 12.6 Å². The number of rotatable bonds is 13. The Balaban J connectivity index is 1.92. The van der Waals surface area contributed by atoms with Gasteiger partial charge in [0.2, 0.25) is 11.8 Å². The highest BCUT2D eigenvalue weighted by Gasteiger charge is 2.58. The summed E-state index contributed by atoms with van der Waals surface area (Å²) in [5.74, 6) is -5.70. The summed E-state index contributed by atoms with van der Waals surface area (Å²) in [6, 6.07) is -2.30. The molecular formula is C26H44N2O18. The molecule has 3 rings (SSSR count). The van der Waals surface area contributed by atoms with E-state index >= 15 is 0 Å². The lowest BCUT2D eigenvalue weighted by Crippen LogP contribution is -2.69. The number of hydrogen-bond acceptors (Lipinski definition) is 17. The van der Waals surface area contributed by atoms with E-state index in [9.17, 15) is 60.3 Å². The summed E-state index contributed by atoms with van der Waals surface area (Å²) in [6.45, 7) is -0.305. The summed E-state index contributed by atoms with van der Waals surface area (Å²) >= 11 is 0. The van der Waals surface area contributed by atoms with Crippen LogP contribution in [0, 0.1) is 0 Å². The van der Waals surface area contributed by atoms with Crippen molar-refractivity contribution < 1.29 is 88.8 Å². The third kappa shape index (κ3) is 8.28. The van der Waals surface area contributed by atoms with E-state index in [2.05, 4.69) is 10.6 Å². The maximum absolute atomic E-state index is 12.6. The van der Waals surface area contributed by atoms with Crippen molar-refractivity contribution in [3.8, 4) is 0 Å². The van der Waals surface area contributed by atoms with E-state index in [-0.39, 0.29) is 6.42 Å². The highest BCUT2D eigenvalue weighted by atomic mass is 16.8. The van der Waals surface area contributed by atoms with Crippen LogP contribution in [0.3, 0.4) is 0 Å². The third-order valence-corrected chi connectivity index (χ3v) is 8.03. The quantitative estimate of drug-likeness (QED) is 0.0866. The minimum Gasteiger partial charge on any atom is -0.477 e. The lowest BCUT2D eigenvalue weighted by Gasteiger charge is -2.50. The fourth-order valence-corrected chi connectivity index (χ4v) is 5.72. The zero-order valence-electron chi connectivity index (χ0n) is 25.3. The zero-order chi connectivity index (χ0) is 34.5. The number of aliphatic hydroxyl groups is 8. The molecule has 20 nitrogen and oxygen atoms in total. The minimum atomic E-state index is -2.74. The van der Waals surface area contributed by atoms with Crippen molar-refractivity contribution in [2.24, 2.45) is 0 Å². The Morgan fingerprint density at radius 2 is 1.50 bits per heavy atom. The molecule has 3 saturated heterocycles. The number of hydrogen-bond donors (Lipinski definition) is 11. The summed E-state index contributed by atoms with van der Waals surface area (Å²) in [6.07, 6.45) is -21.4. The van der Waals surface area contributed by atoms with Gasteiger partial charge in [-0.3, -0.25) is 9.59 Å². The van der Waals surface area contributed by atoms with E-state index in [4.69, 9.17) is 28.4 Å². The number of aliphatic hydroxyl groups excluding tert-OH is 8. The average molecular weight is 673 g/mol. The van der Waals surface area contributed by atoms with E-state index in [0.717, 1.165) is 13.8 Å². The fraction of sp³-hybridized carbons (Fsp3) is 0.885. The van der Waals surface area contributed by atoms with Crippen LogP contribution in [0.15, 0.2) is 0 Å². The Labute approximate surface area is 262 Å². The first-order valence-corrected chi connectivity index (χ1v) is 14.5. The Morgan fingerprint density at radius 1 is 0.891 bits per heavy atom. The van der Waals surface area contributed by atoms with Crippen LogP contribution in [0.4, 0.5) is 0 Å². The van der Waals surface area contributed by atoms with E-state index in [0.29, 0.717) is 0 Å². The summed E-state index contributed by atoms with van der Waals surface area (Å²) < 4.78 is 33.4. The van der Waals surface area contributed by atoms with Crippen molar-refractivity contribution >= 4 is 17.8 Å². The van der Waals surface area contributed by atoms with Gasteiger partial charge < -0.3 is 85.0 Å². The lowest BCUT2D eigenvalue weighted by atomic mass is 9.90. The standard InChI is InChI=1S/C26H44N2O18/c1-9(32)27-11-4-5-26(25(39)40,45-20(11)16(35)12(34)6-29)46-22-17(36)13(7-30)42-24(19(22)38)44-21-14(8-31)43-23(41-3)15(18(21)37)28-10(2)33/h11-24,29-31,34-38H,4-8H2,1-3H3,(H,27,32)(H,28,33)(H,39,40)/t11?,12-,13?,14?,15?,16-,17+,18?,19?,20?,21-,22?,23-,24+,26+/m1/s1. The van der Waals surface area contributed by atoms with Crippen LogP contribution in [-0.2, 0) is 42.8 Å². The number of carbonyl (C=O) groups is 3. The molecule has 3 heterocycles. The predicted octanol–water partition coefficient (Wildman–Crippen LogP) is -6.40. The van der Waals surface area contributed by atoms with Gasteiger partial charge in [-0.25, -0.2) is 4.79 Å². The lowest BCUT2D eigenvalue weighted by molar-refractivity contribution is -0.378.